The van der Waals surface area contributed by atoms with Crippen LogP contribution >= 0.6 is 21.6 Å². The number of hydrogen-bond acceptors (Lipinski definition) is 9. The summed E-state index contributed by atoms with van der Waals surface area (Å²) in [7, 11) is 4.54. The van der Waals surface area contributed by atoms with Crippen molar-refractivity contribution in [3.05, 3.63) is 23.8 Å². The zero-order valence-corrected chi connectivity index (χ0v) is 20.0. The van der Waals surface area contributed by atoms with Crippen molar-refractivity contribution < 1.29 is 23.8 Å². The fourth-order valence-corrected chi connectivity index (χ4v) is 9.22. The van der Waals surface area contributed by atoms with Gasteiger partial charge in [0.15, 0.2) is 21.2 Å². The molecular weight excluding hydrogens is 464 g/mol. The number of hydrogen-bond donors (Lipinski definition) is 0. The van der Waals surface area contributed by atoms with Crippen LogP contribution in [0.25, 0.3) is 0 Å². The van der Waals surface area contributed by atoms with Crippen molar-refractivity contribution >= 4 is 33.4 Å². The van der Waals surface area contributed by atoms with E-state index in [4.69, 9.17) is 14.2 Å². The van der Waals surface area contributed by atoms with Gasteiger partial charge in [-0.1, -0.05) is 27.7 Å². The summed E-state index contributed by atoms with van der Waals surface area (Å²) in [5.74, 6) is 0.993. The predicted molar refractivity (Wildman–Crippen MR) is 121 cm³/mol. The number of likely N-dealkylation sites (N-methyl/N-ethyl adjacent to an activating group) is 1. The van der Waals surface area contributed by atoms with E-state index in [1.807, 2.05) is 18.2 Å². The number of morpholine rings is 1. The van der Waals surface area contributed by atoms with Crippen molar-refractivity contribution in [1.29, 1.82) is 5.26 Å². The molecule has 5 saturated heterocycles. The maximum atomic E-state index is 14.0. The van der Waals surface area contributed by atoms with Crippen LogP contribution < -0.4 is 9.47 Å². The van der Waals surface area contributed by atoms with Crippen LogP contribution in [-0.2, 0) is 14.3 Å². The molecular formula is C22H24N4O5S2. The number of amides is 2. The molecule has 0 saturated carbocycles. The van der Waals surface area contributed by atoms with E-state index in [2.05, 4.69) is 11.0 Å². The molecule has 0 aromatic heterocycles. The molecule has 0 aliphatic carbocycles. The fourth-order valence-electron chi connectivity index (χ4n) is 5.68. The highest BCUT2D eigenvalue weighted by molar-refractivity contribution is 8.78. The smallest absolute Gasteiger partial charge is 0.261 e. The van der Waals surface area contributed by atoms with Gasteiger partial charge in [-0.3, -0.25) is 14.5 Å². The van der Waals surface area contributed by atoms with Gasteiger partial charge in [0.25, 0.3) is 11.8 Å². The third-order valence-corrected chi connectivity index (χ3v) is 11.2. The van der Waals surface area contributed by atoms with Gasteiger partial charge in [-0.2, -0.15) is 5.26 Å². The number of nitrogens with zero attached hydrogens (tertiary/aromatic N) is 4. The highest BCUT2D eigenvalue weighted by atomic mass is 33.1. The highest BCUT2D eigenvalue weighted by Crippen LogP contribution is 2.69. The van der Waals surface area contributed by atoms with E-state index in [0.29, 0.717) is 44.3 Å². The molecule has 6 heterocycles. The lowest BCUT2D eigenvalue weighted by Gasteiger charge is -2.57. The van der Waals surface area contributed by atoms with Crippen molar-refractivity contribution in [2.24, 2.45) is 5.41 Å². The summed E-state index contributed by atoms with van der Waals surface area (Å²) in [5.41, 5.74) is -0.183. The molecule has 6 aliphatic rings. The molecule has 9 nitrogen and oxygen atoms in total. The number of piperazine rings is 1. The van der Waals surface area contributed by atoms with E-state index in [1.54, 1.807) is 23.8 Å². The number of carbonyl (C=O) groups excluding carboxylic acids is 2. The monoisotopic (exact) mass is 488 g/mol. The van der Waals surface area contributed by atoms with Crippen LogP contribution in [0.5, 0.6) is 11.5 Å². The molecule has 7 rings (SSSR count). The van der Waals surface area contributed by atoms with Crippen LogP contribution in [0, 0.1) is 16.7 Å². The summed E-state index contributed by atoms with van der Waals surface area (Å²) in [6.45, 7) is 5.02. The molecule has 4 atom stereocenters. The Bertz CT molecular complexity index is 1090. The summed E-state index contributed by atoms with van der Waals surface area (Å²) >= 11 is 0. The second-order valence-electron chi connectivity index (χ2n) is 9.32. The second kappa shape index (κ2) is 7.18. The molecule has 174 valence electrons. The summed E-state index contributed by atoms with van der Waals surface area (Å²) in [5, 5.41) is 10.7. The maximum absolute atomic E-state index is 14.0. The average molecular weight is 489 g/mol. The summed E-state index contributed by atoms with van der Waals surface area (Å²) in [4.78, 5) is 31.0. The number of rotatable bonds is 3. The van der Waals surface area contributed by atoms with Gasteiger partial charge in [0.2, 0.25) is 6.79 Å². The largest absolute Gasteiger partial charge is 0.454 e. The minimum absolute atomic E-state index is 0.113. The van der Waals surface area contributed by atoms with Gasteiger partial charge in [-0.15, -0.1) is 0 Å². The third-order valence-electron chi connectivity index (χ3n) is 7.51. The Labute approximate surface area is 199 Å². The van der Waals surface area contributed by atoms with Crippen molar-refractivity contribution in [3.63, 3.8) is 0 Å². The Kier molecular flexibility index (Phi) is 4.66. The number of ether oxygens (including phenoxy) is 3. The van der Waals surface area contributed by atoms with Crippen LogP contribution in [0.15, 0.2) is 18.2 Å². The molecule has 2 bridgehead atoms. The van der Waals surface area contributed by atoms with Crippen molar-refractivity contribution in [2.75, 3.05) is 46.7 Å². The van der Waals surface area contributed by atoms with Gasteiger partial charge in [-0.05, 0) is 24.6 Å². The lowest BCUT2D eigenvalue weighted by molar-refractivity contribution is -0.164. The third kappa shape index (κ3) is 2.75. The van der Waals surface area contributed by atoms with E-state index in [0.717, 1.165) is 5.56 Å². The first-order valence-electron chi connectivity index (χ1n) is 10.9. The molecule has 33 heavy (non-hydrogen) atoms. The molecule has 1 spiro atoms. The van der Waals surface area contributed by atoms with E-state index < -0.39 is 21.2 Å². The van der Waals surface area contributed by atoms with Crippen molar-refractivity contribution in [2.45, 2.75) is 29.1 Å². The molecule has 2 amide bonds. The molecule has 5 fully saturated rings. The minimum atomic E-state index is -1.11. The van der Waals surface area contributed by atoms with Gasteiger partial charge >= 0.3 is 0 Å². The SMILES string of the molecule is CN1C(=O)[C@@]23C[C@@](C#N)(CN4CCOCC4)C(c4ccc5c(c4)OCO5)N2C(=O)[C@]1(C)SS3. The van der Waals surface area contributed by atoms with Gasteiger partial charge in [0.1, 0.15) is 0 Å². The normalized spacial score (nSPS) is 37.4. The lowest BCUT2D eigenvalue weighted by atomic mass is 9.76. The van der Waals surface area contributed by atoms with Crippen LogP contribution in [-0.4, -0.2) is 82.9 Å². The Balaban J connectivity index is 1.52. The quantitative estimate of drug-likeness (QED) is 0.590. The molecule has 11 heteroatoms. The number of carbonyl (C=O) groups is 2. The molecule has 1 aromatic rings. The first-order valence-corrected chi connectivity index (χ1v) is 13.1. The highest BCUT2D eigenvalue weighted by Gasteiger charge is 2.75. The lowest BCUT2D eigenvalue weighted by Crippen LogP contribution is -2.73. The first-order chi connectivity index (χ1) is 15.8. The Morgan fingerprint density at radius 2 is 1.91 bits per heavy atom. The molecule has 1 aromatic carbocycles. The zero-order valence-electron chi connectivity index (χ0n) is 18.4. The summed E-state index contributed by atoms with van der Waals surface area (Å²) < 4.78 is 16.6. The minimum Gasteiger partial charge on any atom is -0.454 e. The molecule has 0 radical (unpaired) electrons. The number of fused-ring (bicyclic) bond motifs is 3. The molecule has 6 aliphatic heterocycles. The van der Waals surface area contributed by atoms with Crippen LogP contribution in [0.1, 0.15) is 24.9 Å². The average Bonchev–Trinajstić information content (AvgIpc) is 3.41. The van der Waals surface area contributed by atoms with E-state index in [-0.39, 0.29) is 25.0 Å². The van der Waals surface area contributed by atoms with Gasteiger partial charge in [0.05, 0.1) is 30.7 Å². The summed E-state index contributed by atoms with van der Waals surface area (Å²) in [6.07, 6.45) is 0.273. The maximum Gasteiger partial charge on any atom is 0.261 e. The number of benzene rings is 1. The first kappa shape index (κ1) is 21.4. The van der Waals surface area contributed by atoms with Crippen LogP contribution in [0.4, 0.5) is 0 Å². The Morgan fingerprint density at radius 1 is 1.15 bits per heavy atom. The van der Waals surface area contributed by atoms with E-state index >= 15 is 0 Å². The molecule has 1 unspecified atom stereocenters. The molecule has 0 N–H and O–H groups in total. The van der Waals surface area contributed by atoms with Crippen molar-refractivity contribution in [1.82, 2.24) is 14.7 Å². The van der Waals surface area contributed by atoms with Gasteiger partial charge < -0.3 is 24.0 Å². The topological polar surface area (TPSA) is 95.3 Å². The van der Waals surface area contributed by atoms with Crippen molar-refractivity contribution in [3.8, 4) is 17.6 Å². The van der Waals surface area contributed by atoms with E-state index in [1.165, 1.54) is 21.6 Å². The Hall–Kier alpha value is -2.13. The second-order valence-corrected chi connectivity index (χ2v) is 12.1. The van der Waals surface area contributed by atoms with E-state index in [9.17, 15) is 14.9 Å². The fraction of sp³-hybridized carbons (Fsp3) is 0.591. The zero-order chi connectivity index (χ0) is 23.0. The predicted octanol–water partition coefficient (Wildman–Crippen LogP) is 1.81. The Morgan fingerprint density at radius 3 is 2.67 bits per heavy atom. The van der Waals surface area contributed by atoms with Crippen LogP contribution in [0.3, 0.4) is 0 Å². The van der Waals surface area contributed by atoms with Crippen LogP contribution in [0.2, 0.25) is 0 Å². The standard InChI is InChI=1S/C22H24N4O5S2/c1-20-18(27)26-17(14-3-4-15-16(9-14)31-13-30-15)21(11-23,12-25-5-7-29-8-6-25)10-22(26,33-32-20)19(28)24(20)2/h3-4,9,17H,5-8,10,12-13H2,1-2H3/t17?,20-,21+,22-/m0/s1. The summed E-state index contributed by atoms with van der Waals surface area (Å²) in [6, 6.07) is 7.60. The van der Waals surface area contributed by atoms with Gasteiger partial charge in [0, 0.05) is 33.1 Å². The van der Waals surface area contributed by atoms with Gasteiger partial charge in [-0.25, -0.2) is 0 Å². The number of nitriles is 1.